The molecule has 0 radical (unpaired) electrons. The second kappa shape index (κ2) is 7.50. The highest BCUT2D eigenvalue weighted by Crippen LogP contribution is 2.29. The Balaban J connectivity index is 1.36. The maximum atomic E-state index is 12.9. The van der Waals surface area contributed by atoms with Crippen LogP contribution in [0.3, 0.4) is 0 Å². The Hall–Kier alpha value is -3.34. The van der Waals surface area contributed by atoms with Crippen molar-refractivity contribution < 1.29 is 18.7 Å². The summed E-state index contributed by atoms with van der Waals surface area (Å²) in [5.74, 6) is 0.906. The van der Waals surface area contributed by atoms with Gasteiger partial charge in [0.05, 0.1) is 0 Å². The number of fused-ring (bicyclic) bond motifs is 1. The molecule has 3 aromatic carbocycles. The molecule has 5 heteroatoms. The highest BCUT2D eigenvalue weighted by molar-refractivity contribution is 5.95. The lowest BCUT2D eigenvalue weighted by atomic mass is 10.1. The standard InChI is InChI=1S/C22H18FNO3/c23-17-10-8-15(9-11-17)14-26-19-6-3-5-18(13-19)24-22(25)21-12-16-4-1-2-7-20(16)27-21/h1-11,13,21H,12,14H2,(H,24,25)/t21-/m0/s1. The number of rotatable bonds is 5. The van der Waals surface area contributed by atoms with E-state index in [2.05, 4.69) is 5.32 Å². The molecule has 0 saturated carbocycles. The van der Waals surface area contributed by atoms with Gasteiger partial charge in [0.1, 0.15) is 23.9 Å². The van der Waals surface area contributed by atoms with E-state index in [4.69, 9.17) is 9.47 Å². The van der Waals surface area contributed by atoms with Crippen molar-refractivity contribution in [2.24, 2.45) is 0 Å². The molecule has 3 aromatic rings. The van der Waals surface area contributed by atoms with Crippen LogP contribution in [0.15, 0.2) is 72.8 Å². The summed E-state index contributed by atoms with van der Waals surface area (Å²) in [5, 5.41) is 2.87. The zero-order chi connectivity index (χ0) is 18.6. The van der Waals surface area contributed by atoms with Gasteiger partial charge >= 0.3 is 0 Å². The van der Waals surface area contributed by atoms with Gasteiger partial charge in [0.25, 0.3) is 5.91 Å². The Morgan fingerprint density at radius 3 is 2.70 bits per heavy atom. The van der Waals surface area contributed by atoms with Crippen LogP contribution in [-0.4, -0.2) is 12.0 Å². The average Bonchev–Trinajstić information content (AvgIpc) is 3.12. The van der Waals surface area contributed by atoms with E-state index in [1.54, 1.807) is 36.4 Å². The third-order valence-corrected chi connectivity index (χ3v) is 4.36. The molecule has 0 fully saturated rings. The maximum absolute atomic E-state index is 12.9. The number of nitrogens with one attached hydrogen (secondary N) is 1. The van der Waals surface area contributed by atoms with Crippen LogP contribution in [0.1, 0.15) is 11.1 Å². The Bertz CT molecular complexity index is 931. The molecule has 1 atom stereocenters. The summed E-state index contributed by atoms with van der Waals surface area (Å²) in [6.45, 7) is 0.318. The van der Waals surface area contributed by atoms with Crippen molar-refractivity contribution >= 4 is 11.6 Å². The van der Waals surface area contributed by atoms with Crippen molar-refractivity contribution in [3.8, 4) is 11.5 Å². The van der Waals surface area contributed by atoms with E-state index in [-0.39, 0.29) is 11.7 Å². The first-order valence-electron chi connectivity index (χ1n) is 8.70. The van der Waals surface area contributed by atoms with E-state index >= 15 is 0 Å². The third-order valence-electron chi connectivity index (χ3n) is 4.36. The summed E-state index contributed by atoms with van der Waals surface area (Å²) in [5.41, 5.74) is 2.54. The van der Waals surface area contributed by atoms with Gasteiger partial charge in [-0.25, -0.2) is 4.39 Å². The molecule has 27 heavy (non-hydrogen) atoms. The van der Waals surface area contributed by atoms with Gasteiger partial charge in [-0.2, -0.15) is 0 Å². The third kappa shape index (κ3) is 4.08. The van der Waals surface area contributed by atoms with Crippen molar-refractivity contribution in [1.29, 1.82) is 0 Å². The van der Waals surface area contributed by atoms with Crippen LogP contribution in [0, 0.1) is 5.82 Å². The van der Waals surface area contributed by atoms with Gasteiger partial charge < -0.3 is 14.8 Å². The van der Waals surface area contributed by atoms with E-state index in [9.17, 15) is 9.18 Å². The molecule has 1 aliphatic rings. The largest absolute Gasteiger partial charge is 0.489 e. The predicted molar refractivity (Wildman–Crippen MR) is 100 cm³/mol. The minimum atomic E-state index is -0.536. The second-order valence-electron chi connectivity index (χ2n) is 6.35. The number of carbonyl (C=O) groups excluding carboxylic acids is 1. The molecule has 0 unspecified atom stereocenters. The van der Waals surface area contributed by atoms with Gasteiger partial charge in [-0.05, 0) is 41.5 Å². The summed E-state index contributed by atoms with van der Waals surface area (Å²) in [6, 6.07) is 21.0. The minimum Gasteiger partial charge on any atom is -0.489 e. The van der Waals surface area contributed by atoms with Crippen LogP contribution in [0.4, 0.5) is 10.1 Å². The van der Waals surface area contributed by atoms with E-state index in [1.165, 1.54) is 12.1 Å². The predicted octanol–water partition coefficient (Wildman–Crippen LogP) is 4.35. The molecule has 1 heterocycles. The molecular weight excluding hydrogens is 345 g/mol. The first kappa shape index (κ1) is 17.1. The van der Waals surface area contributed by atoms with Gasteiger partial charge in [0, 0.05) is 18.2 Å². The summed E-state index contributed by atoms with van der Waals surface area (Å²) < 4.78 is 24.4. The number of anilines is 1. The minimum absolute atomic E-state index is 0.193. The lowest BCUT2D eigenvalue weighted by Gasteiger charge is -2.13. The van der Waals surface area contributed by atoms with E-state index in [1.807, 2.05) is 24.3 Å². The van der Waals surface area contributed by atoms with Crippen molar-refractivity contribution in [2.45, 2.75) is 19.1 Å². The number of halogens is 1. The molecular formula is C22H18FNO3. The molecule has 136 valence electrons. The number of hydrogen-bond donors (Lipinski definition) is 1. The fourth-order valence-corrected chi connectivity index (χ4v) is 2.96. The molecule has 0 aliphatic carbocycles. The van der Waals surface area contributed by atoms with Crippen LogP contribution in [0.5, 0.6) is 11.5 Å². The Morgan fingerprint density at radius 1 is 1.07 bits per heavy atom. The Labute approximate surface area is 156 Å². The molecule has 0 spiro atoms. The number of hydrogen-bond acceptors (Lipinski definition) is 3. The normalized spacial score (nSPS) is 14.9. The topological polar surface area (TPSA) is 47.6 Å². The van der Waals surface area contributed by atoms with Crippen molar-refractivity contribution in [3.63, 3.8) is 0 Å². The zero-order valence-corrected chi connectivity index (χ0v) is 14.5. The quantitative estimate of drug-likeness (QED) is 0.733. The summed E-state index contributed by atoms with van der Waals surface area (Å²) in [6.07, 6.45) is 0.0224. The van der Waals surface area contributed by atoms with Gasteiger partial charge in [-0.1, -0.05) is 36.4 Å². The van der Waals surface area contributed by atoms with E-state index in [0.29, 0.717) is 24.5 Å². The molecule has 1 aliphatic heterocycles. The SMILES string of the molecule is O=C(Nc1cccc(OCc2ccc(F)cc2)c1)[C@@H]1Cc2ccccc2O1. The number of para-hydroxylation sites is 1. The van der Waals surface area contributed by atoms with Crippen LogP contribution in [0.2, 0.25) is 0 Å². The molecule has 0 saturated heterocycles. The first-order valence-corrected chi connectivity index (χ1v) is 8.70. The monoisotopic (exact) mass is 363 g/mol. The van der Waals surface area contributed by atoms with Gasteiger partial charge in [0.15, 0.2) is 6.10 Å². The van der Waals surface area contributed by atoms with Crippen LogP contribution in [0.25, 0.3) is 0 Å². The van der Waals surface area contributed by atoms with Gasteiger partial charge in [-0.3, -0.25) is 4.79 Å². The number of benzene rings is 3. The second-order valence-corrected chi connectivity index (χ2v) is 6.35. The number of carbonyl (C=O) groups is 1. The van der Waals surface area contributed by atoms with Crippen LogP contribution < -0.4 is 14.8 Å². The fourth-order valence-electron chi connectivity index (χ4n) is 2.96. The molecule has 4 rings (SSSR count). The molecule has 1 N–H and O–H groups in total. The van der Waals surface area contributed by atoms with Gasteiger partial charge in [0.2, 0.25) is 0 Å². The first-order chi connectivity index (χ1) is 13.2. The molecule has 4 nitrogen and oxygen atoms in total. The number of ether oxygens (including phenoxy) is 2. The van der Waals surface area contributed by atoms with Gasteiger partial charge in [-0.15, -0.1) is 0 Å². The van der Waals surface area contributed by atoms with E-state index in [0.717, 1.165) is 16.9 Å². The van der Waals surface area contributed by atoms with Crippen LogP contribution in [-0.2, 0) is 17.8 Å². The molecule has 0 bridgehead atoms. The lowest BCUT2D eigenvalue weighted by Crippen LogP contribution is -2.31. The number of amides is 1. The molecule has 0 aromatic heterocycles. The summed E-state index contributed by atoms with van der Waals surface area (Å²) in [4.78, 5) is 12.5. The highest BCUT2D eigenvalue weighted by atomic mass is 19.1. The Kier molecular flexibility index (Phi) is 4.75. The maximum Gasteiger partial charge on any atom is 0.265 e. The average molecular weight is 363 g/mol. The summed E-state index contributed by atoms with van der Waals surface area (Å²) >= 11 is 0. The highest BCUT2D eigenvalue weighted by Gasteiger charge is 2.28. The van der Waals surface area contributed by atoms with Crippen molar-refractivity contribution in [1.82, 2.24) is 0 Å². The smallest absolute Gasteiger partial charge is 0.265 e. The molecule has 1 amide bonds. The zero-order valence-electron chi connectivity index (χ0n) is 14.5. The Morgan fingerprint density at radius 2 is 1.89 bits per heavy atom. The van der Waals surface area contributed by atoms with Crippen molar-refractivity contribution in [2.75, 3.05) is 5.32 Å². The fraction of sp³-hybridized carbons (Fsp3) is 0.136. The lowest BCUT2D eigenvalue weighted by molar-refractivity contribution is -0.122. The van der Waals surface area contributed by atoms with E-state index < -0.39 is 6.10 Å². The van der Waals surface area contributed by atoms with Crippen LogP contribution >= 0.6 is 0 Å². The van der Waals surface area contributed by atoms with Crippen molar-refractivity contribution in [3.05, 3.63) is 89.7 Å². The summed E-state index contributed by atoms with van der Waals surface area (Å²) in [7, 11) is 0.